The monoisotopic (exact) mass is 532 g/mol. The molecule has 1 amide bonds. The molecule has 0 radical (unpaired) electrons. The molecule has 2 N–H and O–H groups in total. The Morgan fingerprint density at radius 3 is 2.58 bits per heavy atom. The lowest BCUT2D eigenvalue weighted by molar-refractivity contribution is -0.113. The van der Waals surface area contributed by atoms with Crippen LogP contribution in [-0.4, -0.2) is 25.7 Å². The molecule has 1 atom stereocenters. The van der Waals surface area contributed by atoms with Gasteiger partial charge in [-0.15, -0.1) is 5.10 Å². The van der Waals surface area contributed by atoms with Crippen molar-refractivity contribution in [1.82, 2.24) is 19.7 Å². The van der Waals surface area contributed by atoms with Gasteiger partial charge >= 0.3 is 0 Å². The molecule has 0 aliphatic carbocycles. The van der Waals surface area contributed by atoms with Gasteiger partial charge in [0.15, 0.2) is 5.82 Å². The molecule has 198 valence electrons. The van der Waals surface area contributed by atoms with E-state index in [4.69, 9.17) is 9.84 Å². The molecule has 2 aromatic heterocycles. The fourth-order valence-corrected chi connectivity index (χ4v) is 4.61. The Bertz CT molecular complexity index is 1680. The van der Waals surface area contributed by atoms with Crippen LogP contribution in [0, 0.1) is 5.82 Å². The summed E-state index contributed by atoms with van der Waals surface area (Å²) in [5.74, 6) is 1.29. The normalized spacial score (nSPS) is 14.3. The number of pyridine rings is 1. The number of allylic oxidation sites excluding steroid dienone is 1. The molecule has 0 fully saturated rings. The van der Waals surface area contributed by atoms with Crippen LogP contribution in [0.1, 0.15) is 24.1 Å². The zero-order valence-electron chi connectivity index (χ0n) is 21.6. The Morgan fingerprint density at radius 1 is 1.00 bits per heavy atom. The molecular formula is C31H25FN6O2. The Labute approximate surface area is 230 Å². The topological polar surface area (TPSA) is 94.0 Å². The number of fused-ring (bicyclic) bond motifs is 1. The predicted molar refractivity (Wildman–Crippen MR) is 150 cm³/mol. The third-order valence-electron chi connectivity index (χ3n) is 6.53. The number of rotatable bonds is 7. The van der Waals surface area contributed by atoms with Crippen LogP contribution in [0.5, 0.6) is 5.75 Å². The average Bonchev–Trinajstić information content (AvgIpc) is 3.40. The second kappa shape index (κ2) is 10.8. The number of nitrogens with zero attached hydrogens (tertiary/aromatic N) is 4. The van der Waals surface area contributed by atoms with E-state index in [0.29, 0.717) is 46.8 Å². The molecule has 0 bridgehead atoms. The second-order valence-corrected chi connectivity index (χ2v) is 9.29. The molecular weight excluding hydrogens is 507 g/mol. The first kappa shape index (κ1) is 25.0. The van der Waals surface area contributed by atoms with E-state index in [1.807, 2.05) is 61.5 Å². The summed E-state index contributed by atoms with van der Waals surface area (Å²) in [4.78, 5) is 22.6. The third kappa shape index (κ3) is 5.17. The first-order valence-corrected chi connectivity index (χ1v) is 12.7. The zero-order chi connectivity index (χ0) is 27.5. The summed E-state index contributed by atoms with van der Waals surface area (Å²) >= 11 is 0. The third-order valence-corrected chi connectivity index (χ3v) is 6.53. The van der Waals surface area contributed by atoms with Gasteiger partial charge in [0.2, 0.25) is 5.95 Å². The number of hydrogen-bond donors (Lipinski definition) is 2. The van der Waals surface area contributed by atoms with Gasteiger partial charge in [-0.25, -0.2) is 14.1 Å². The second-order valence-electron chi connectivity index (χ2n) is 9.29. The fraction of sp³-hybridized carbons (Fsp3) is 0.0968. The molecule has 0 saturated carbocycles. The number of ether oxygens (including phenoxy) is 1. The minimum Gasteiger partial charge on any atom is -0.489 e. The van der Waals surface area contributed by atoms with Crippen molar-refractivity contribution in [2.75, 3.05) is 10.6 Å². The highest BCUT2D eigenvalue weighted by atomic mass is 19.1. The number of anilines is 2. The Kier molecular flexibility index (Phi) is 6.76. The van der Waals surface area contributed by atoms with Gasteiger partial charge in [0.1, 0.15) is 30.0 Å². The molecule has 8 nitrogen and oxygen atoms in total. The molecule has 5 aromatic rings. The summed E-state index contributed by atoms with van der Waals surface area (Å²) in [6, 6.07) is 28.2. The molecule has 3 aromatic carbocycles. The standard InChI is InChI=1S/C31H25FN6O2/c1-20-27(30(39)35-26-12-5-6-17-33-26)28(23-10-7-11-25(18-23)40-19-21-8-3-2-4-9-21)38-31(34-20)36-29(37-38)22-13-15-24(32)16-14-22/h2-18,28H,19H2,1H3,(H,33,35,39)(H,34,36,37). The number of carbonyl (C=O) groups is 1. The smallest absolute Gasteiger partial charge is 0.257 e. The molecule has 0 spiro atoms. The lowest BCUT2D eigenvalue weighted by Crippen LogP contribution is -2.31. The van der Waals surface area contributed by atoms with Crippen LogP contribution in [0.15, 0.2) is 115 Å². The quantitative estimate of drug-likeness (QED) is 0.268. The summed E-state index contributed by atoms with van der Waals surface area (Å²) in [6.07, 6.45) is 1.62. The number of carbonyl (C=O) groups excluding carboxylic acids is 1. The number of nitrogens with one attached hydrogen (secondary N) is 2. The van der Waals surface area contributed by atoms with Crippen molar-refractivity contribution in [3.63, 3.8) is 0 Å². The van der Waals surface area contributed by atoms with Crippen molar-refractivity contribution >= 4 is 17.7 Å². The number of halogens is 1. The Hall–Kier alpha value is -5.31. The molecule has 1 aliphatic rings. The summed E-state index contributed by atoms with van der Waals surface area (Å²) in [5, 5.41) is 10.9. The fourth-order valence-electron chi connectivity index (χ4n) is 4.61. The van der Waals surface area contributed by atoms with E-state index < -0.39 is 6.04 Å². The van der Waals surface area contributed by atoms with Gasteiger partial charge in [-0.1, -0.05) is 48.5 Å². The van der Waals surface area contributed by atoms with Gasteiger partial charge in [-0.3, -0.25) is 4.79 Å². The number of aromatic nitrogens is 4. The van der Waals surface area contributed by atoms with E-state index in [0.717, 1.165) is 11.1 Å². The van der Waals surface area contributed by atoms with E-state index in [-0.39, 0.29) is 11.7 Å². The van der Waals surface area contributed by atoms with Crippen LogP contribution in [-0.2, 0) is 11.4 Å². The summed E-state index contributed by atoms with van der Waals surface area (Å²) < 4.78 is 21.3. The number of hydrogen-bond acceptors (Lipinski definition) is 6. The Balaban J connectivity index is 1.39. The minimum absolute atomic E-state index is 0.325. The first-order chi connectivity index (χ1) is 19.5. The summed E-state index contributed by atoms with van der Waals surface area (Å²) in [7, 11) is 0. The van der Waals surface area contributed by atoms with Crippen LogP contribution in [0.3, 0.4) is 0 Å². The lowest BCUT2D eigenvalue weighted by atomic mass is 9.95. The van der Waals surface area contributed by atoms with Crippen LogP contribution in [0.4, 0.5) is 16.2 Å². The lowest BCUT2D eigenvalue weighted by Gasteiger charge is -2.28. The molecule has 9 heteroatoms. The van der Waals surface area contributed by atoms with Crippen LogP contribution < -0.4 is 15.4 Å². The highest BCUT2D eigenvalue weighted by molar-refractivity contribution is 6.05. The number of benzene rings is 3. The van der Waals surface area contributed by atoms with E-state index in [9.17, 15) is 9.18 Å². The van der Waals surface area contributed by atoms with Crippen LogP contribution in [0.25, 0.3) is 11.4 Å². The maximum absolute atomic E-state index is 13.7. The van der Waals surface area contributed by atoms with Crippen molar-refractivity contribution < 1.29 is 13.9 Å². The van der Waals surface area contributed by atoms with E-state index in [1.54, 1.807) is 41.2 Å². The highest BCUT2D eigenvalue weighted by Gasteiger charge is 2.35. The van der Waals surface area contributed by atoms with Crippen molar-refractivity contribution in [3.8, 4) is 17.1 Å². The van der Waals surface area contributed by atoms with Gasteiger partial charge in [0.25, 0.3) is 5.91 Å². The van der Waals surface area contributed by atoms with Crippen LogP contribution in [0.2, 0.25) is 0 Å². The van der Waals surface area contributed by atoms with Crippen molar-refractivity contribution in [1.29, 1.82) is 0 Å². The van der Waals surface area contributed by atoms with Crippen molar-refractivity contribution in [2.45, 2.75) is 19.6 Å². The van der Waals surface area contributed by atoms with Gasteiger partial charge < -0.3 is 15.4 Å². The Morgan fingerprint density at radius 2 is 1.80 bits per heavy atom. The summed E-state index contributed by atoms with van der Waals surface area (Å²) in [5.41, 5.74) is 3.56. The van der Waals surface area contributed by atoms with Gasteiger partial charge in [-0.2, -0.15) is 4.98 Å². The zero-order valence-corrected chi connectivity index (χ0v) is 21.6. The van der Waals surface area contributed by atoms with E-state index >= 15 is 0 Å². The van der Waals surface area contributed by atoms with Crippen molar-refractivity contribution in [2.24, 2.45) is 0 Å². The molecule has 3 heterocycles. The highest BCUT2D eigenvalue weighted by Crippen LogP contribution is 2.38. The maximum Gasteiger partial charge on any atom is 0.257 e. The summed E-state index contributed by atoms with van der Waals surface area (Å²) in [6.45, 7) is 2.23. The number of amides is 1. The molecule has 40 heavy (non-hydrogen) atoms. The molecule has 1 aliphatic heterocycles. The average molecular weight is 533 g/mol. The SMILES string of the molecule is CC1=C(C(=O)Nc2ccccn2)C(c2cccc(OCc3ccccc3)c2)n2nc(-c3ccc(F)cc3)nc2N1. The minimum atomic E-state index is -0.623. The maximum atomic E-state index is 13.7. The van der Waals surface area contributed by atoms with Crippen molar-refractivity contribution in [3.05, 3.63) is 131 Å². The van der Waals surface area contributed by atoms with E-state index in [1.165, 1.54) is 12.1 Å². The largest absolute Gasteiger partial charge is 0.489 e. The molecule has 1 unspecified atom stereocenters. The van der Waals surface area contributed by atoms with E-state index in [2.05, 4.69) is 20.6 Å². The first-order valence-electron chi connectivity index (χ1n) is 12.7. The van der Waals surface area contributed by atoms with Gasteiger partial charge in [0, 0.05) is 17.5 Å². The van der Waals surface area contributed by atoms with Gasteiger partial charge in [-0.05, 0) is 66.6 Å². The predicted octanol–water partition coefficient (Wildman–Crippen LogP) is 5.99. The van der Waals surface area contributed by atoms with Crippen LogP contribution >= 0.6 is 0 Å². The van der Waals surface area contributed by atoms with Gasteiger partial charge in [0.05, 0.1) is 5.57 Å². The molecule has 0 saturated heterocycles. The molecule has 6 rings (SSSR count).